The zero-order valence-corrected chi connectivity index (χ0v) is 20.4. The fraction of sp³-hybridized carbons (Fsp3) is 0.320. The van der Waals surface area contributed by atoms with Crippen LogP contribution in [-0.4, -0.2) is 59.0 Å². The second kappa shape index (κ2) is 10.9. The van der Waals surface area contributed by atoms with Gasteiger partial charge in [-0.25, -0.2) is 0 Å². The van der Waals surface area contributed by atoms with E-state index in [1.165, 1.54) is 34.3 Å². The molecular weight excluding hydrogens is 452 g/mol. The Morgan fingerprint density at radius 1 is 1.09 bits per heavy atom. The molecule has 2 heterocycles. The number of hydrogen-bond acceptors (Lipinski definition) is 5. The zero-order chi connectivity index (χ0) is 23.2. The molecule has 0 unspecified atom stereocenters. The number of hydrogen-bond donors (Lipinski definition) is 0. The fourth-order valence-corrected chi connectivity index (χ4v) is 5.73. The van der Waals surface area contributed by atoms with E-state index in [2.05, 4.69) is 46.8 Å². The van der Waals surface area contributed by atoms with E-state index in [-0.39, 0.29) is 17.6 Å². The Bertz CT molecular complexity index is 1210. The third kappa shape index (κ3) is 5.75. The van der Waals surface area contributed by atoms with Crippen LogP contribution in [0, 0.1) is 6.92 Å². The first-order chi connectivity index (χ1) is 16.0. The normalized spacial score (nSPS) is 14.6. The van der Waals surface area contributed by atoms with Crippen LogP contribution in [0.25, 0.3) is 10.2 Å². The minimum atomic E-state index is -0.220. The molecule has 1 aromatic heterocycles. The van der Waals surface area contributed by atoms with Gasteiger partial charge in [-0.3, -0.25) is 9.59 Å². The van der Waals surface area contributed by atoms with Gasteiger partial charge in [-0.2, -0.15) is 4.99 Å². The van der Waals surface area contributed by atoms with Gasteiger partial charge >= 0.3 is 0 Å². The number of carbonyl (C=O) groups excluding carboxylic acids is 2. The van der Waals surface area contributed by atoms with E-state index in [0.717, 1.165) is 23.3 Å². The maximum Gasteiger partial charge on any atom is 0.258 e. The van der Waals surface area contributed by atoms with E-state index in [1.54, 1.807) is 6.08 Å². The molecule has 1 saturated heterocycles. The Morgan fingerprint density at radius 3 is 2.58 bits per heavy atom. The van der Waals surface area contributed by atoms with Gasteiger partial charge in [-0.1, -0.05) is 41.7 Å². The maximum absolute atomic E-state index is 12.6. The average Bonchev–Trinajstić information content (AvgIpc) is 3.15. The van der Waals surface area contributed by atoms with Crippen LogP contribution >= 0.6 is 23.1 Å². The molecule has 8 heteroatoms. The summed E-state index contributed by atoms with van der Waals surface area (Å²) < 4.78 is 3.10. The number of aryl methyl sites for hydroxylation is 1. The van der Waals surface area contributed by atoms with E-state index >= 15 is 0 Å². The number of amides is 2. The highest BCUT2D eigenvalue weighted by atomic mass is 32.2. The molecule has 172 valence electrons. The van der Waals surface area contributed by atoms with Crippen molar-refractivity contribution in [3.8, 4) is 0 Å². The van der Waals surface area contributed by atoms with Gasteiger partial charge in [0.2, 0.25) is 5.91 Å². The number of fused-ring (bicyclic) bond motifs is 1. The number of carbonyl (C=O) groups is 2. The van der Waals surface area contributed by atoms with Gasteiger partial charge < -0.3 is 14.4 Å². The highest BCUT2D eigenvalue weighted by molar-refractivity contribution is 8.00. The van der Waals surface area contributed by atoms with Crippen molar-refractivity contribution in [1.82, 2.24) is 9.47 Å². The molecule has 1 fully saturated rings. The summed E-state index contributed by atoms with van der Waals surface area (Å²) in [6.07, 6.45) is 1.81. The van der Waals surface area contributed by atoms with Gasteiger partial charge in [-0.15, -0.1) is 18.3 Å². The monoisotopic (exact) mass is 480 g/mol. The predicted molar refractivity (Wildman–Crippen MR) is 138 cm³/mol. The number of piperazine rings is 1. The molecule has 0 radical (unpaired) electrons. The van der Waals surface area contributed by atoms with Crippen molar-refractivity contribution in [1.29, 1.82) is 0 Å². The number of aromatic nitrogens is 1. The molecule has 0 N–H and O–H groups in total. The number of para-hydroxylation sites is 1. The van der Waals surface area contributed by atoms with Crippen molar-refractivity contribution < 1.29 is 9.59 Å². The molecule has 0 bridgehead atoms. The van der Waals surface area contributed by atoms with Gasteiger partial charge in [-0.05, 0) is 36.8 Å². The SMILES string of the molecule is C=CCn1c(=NC(=O)CSCC(=O)N2CCN(c3ccccc3)CC2)sc2cc(C)ccc21. The van der Waals surface area contributed by atoms with Gasteiger partial charge in [0.1, 0.15) is 0 Å². The van der Waals surface area contributed by atoms with Crippen LogP contribution in [0.2, 0.25) is 0 Å². The number of thiazole rings is 1. The van der Waals surface area contributed by atoms with E-state index < -0.39 is 0 Å². The highest BCUT2D eigenvalue weighted by Gasteiger charge is 2.21. The Hall–Kier alpha value is -2.84. The first-order valence-corrected chi connectivity index (χ1v) is 13.0. The summed E-state index contributed by atoms with van der Waals surface area (Å²) in [5, 5.41) is 0. The molecular formula is C25H28N4O2S2. The summed E-state index contributed by atoms with van der Waals surface area (Å²) in [6, 6.07) is 16.5. The van der Waals surface area contributed by atoms with Crippen LogP contribution in [0.4, 0.5) is 5.69 Å². The van der Waals surface area contributed by atoms with Crippen molar-refractivity contribution in [3.63, 3.8) is 0 Å². The Labute approximate surface area is 202 Å². The molecule has 6 nitrogen and oxygen atoms in total. The minimum absolute atomic E-state index is 0.0829. The molecule has 33 heavy (non-hydrogen) atoms. The highest BCUT2D eigenvalue weighted by Crippen LogP contribution is 2.19. The predicted octanol–water partition coefficient (Wildman–Crippen LogP) is 3.71. The van der Waals surface area contributed by atoms with E-state index in [9.17, 15) is 9.59 Å². The molecule has 4 rings (SSSR count). The number of benzene rings is 2. The molecule has 3 aromatic rings. The first-order valence-electron chi connectivity index (χ1n) is 11.0. The Balaban J connectivity index is 1.31. The number of nitrogens with zero attached hydrogens (tertiary/aromatic N) is 4. The molecule has 2 amide bonds. The summed E-state index contributed by atoms with van der Waals surface area (Å²) in [4.78, 5) is 34.3. The van der Waals surface area contributed by atoms with Crippen LogP contribution in [0.1, 0.15) is 5.56 Å². The fourth-order valence-electron chi connectivity index (χ4n) is 3.88. The molecule has 2 aromatic carbocycles. The molecule has 1 aliphatic heterocycles. The lowest BCUT2D eigenvalue weighted by molar-refractivity contribution is -0.128. The largest absolute Gasteiger partial charge is 0.368 e. The Kier molecular flexibility index (Phi) is 7.67. The summed E-state index contributed by atoms with van der Waals surface area (Å²) in [7, 11) is 0. The van der Waals surface area contributed by atoms with Gasteiger partial charge in [0.25, 0.3) is 5.91 Å². The van der Waals surface area contributed by atoms with E-state index in [4.69, 9.17) is 0 Å². The quantitative estimate of drug-likeness (QED) is 0.484. The third-order valence-electron chi connectivity index (χ3n) is 5.58. The maximum atomic E-state index is 12.6. The molecule has 0 spiro atoms. The smallest absolute Gasteiger partial charge is 0.258 e. The van der Waals surface area contributed by atoms with Crippen LogP contribution in [-0.2, 0) is 16.1 Å². The lowest BCUT2D eigenvalue weighted by atomic mass is 10.2. The average molecular weight is 481 g/mol. The number of thioether (sulfide) groups is 1. The van der Waals surface area contributed by atoms with Crippen molar-refractivity contribution in [2.45, 2.75) is 13.5 Å². The van der Waals surface area contributed by atoms with E-state index in [1.807, 2.05) is 34.6 Å². The zero-order valence-electron chi connectivity index (χ0n) is 18.8. The lowest BCUT2D eigenvalue weighted by Crippen LogP contribution is -2.49. The number of anilines is 1. The summed E-state index contributed by atoms with van der Waals surface area (Å²) in [5.74, 6) is 0.351. The second-order valence-corrected chi connectivity index (χ2v) is 9.95. The minimum Gasteiger partial charge on any atom is -0.368 e. The summed E-state index contributed by atoms with van der Waals surface area (Å²) >= 11 is 2.84. The van der Waals surface area contributed by atoms with E-state index in [0.29, 0.717) is 30.2 Å². The molecule has 0 aliphatic carbocycles. The second-order valence-electron chi connectivity index (χ2n) is 7.96. The lowest BCUT2D eigenvalue weighted by Gasteiger charge is -2.36. The first kappa shape index (κ1) is 23.3. The standard InChI is InChI=1S/C25H28N4O2S2/c1-3-11-29-21-10-9-19(2)16-22(21)33-25(29)26-23(30)17-32-18-24(31)28-14-12-27(13-15-28)20-7-5-4-6-8-20/h3-10,16H,1,11-15,17-18H2,2H3. The van der Waals surface area contributed by atoms with Crippen LogP contribution in [0.5, 0.6) is 0 Å². The topological polar surface area (TPSA) is 57.9 Å². The van der Waals surface area contributed by atoms with Crippen molar-refractivity contribution in [2.24, 2.45) is 4.99 Å². The number of rotatable bonds is 7. The van der Waals surface area contributed by atoms with Gasteiger partial charge in [0.15, 0.2) is 4.80 Å². The van der Waals surface area contributed by atoms with Crippen molar-refractivity contribution in [3.05, 3.63) is 71.6 Å². The van der Waals surface area contributed by atoms with Crippen molar-refractivity contribution >= 4 is 50.8 Å². The third-order valence-corrected chi connectivity index (χ3v) is 7.52. The number of allylic oxidation sites excluding steroid dienone is 1. The van der Waals surface area contributed by atoms with Crippen LogP contribution in [0.15, 0.2) is 66.2 Å². The van der Waals surface area contributed by atoms with Crippen LogP contribution in [0.3, 0.4) is 0 Å². The molecule has 1 aliphatic rings. The molecule has 0 saturated carbocycles. The van der Waals surface area contributed by atoms with Gasteiger partial charge in [0.05, 0.1) is 21.7 Å². The summed E-state index contributed by atoms with van der Waals surface area (Å²) in [6.45, 7) is 9.52. The Morgan fingerprint density at radius 2 is 1.85 bits per heavy atom. The molecule has 0 atom stereocenters. The summed E-state index contributed by atoms with van der Waals surface area (Å²) in [5.41, 5.74) is 3.41. The van der Waals surface area contributed by atoms with Gasteiger partial charge in [0, 0.05) is 38.4 Å². The van der Waals surface area contributed by atoms with Crippen molar-refractivity contribution in [2.75, 3.05) is 42.6 Å². The van der Waals surface area contributed by atoms with Crippen LogP contribution < -0.4 is 9.70 Å².